The number of hydrogen-bond acceptors (Lipinski definition) is 4. The van der Waals surface area contributed by atoms with Crippen molar-refractivity contribution in [2.24, 2.45) is 0 Å². The molecule has 0 heterocycles. The molecule has 1 N–H and O–H groups in total. The van der Waals surface area contributed by atoms with Crippen molar-refractivity contribution >= 4 is 23.3 Å². The molecule has 3 rings (SSSR count). The predicted octanol–water partition coefficient (Wildman–Crippen LogP) is 4.14. The summed E-state index contributed by atoms with van der Waals surface area (Å²) < 4.78 is 5.19. The number of nitrogens with one attached hydrogen (secondary N) is 1. The van der Waals surface area contributed by atoms with Gasteiger partial charge in [0.1, 0.15) is 0 Å². The van der Waals surface area contributed by atoms with Gasteiger partial charge < -0.3 is 15.0 Å². The molecule has 0 aliphatic rings. The summed E-state index contributed by atoms with van der Waals surface area (Å²) in [4.78, 5) is 26.5. The van der Waals surface area contributed by atoms with E-state index in [1.165, 1.54) is 0 Å². The van der Waals surface area contributed by atoms with Crippen molar-refractivity contribution in [3.63, 3.8) is 0 Å². The normalized spacial score (nSPS) is 10.3. The Morgan fingerprint density at radius 2 is 1.62 bits per heavy atom. The number of esters is 1. The third-order valence-corrected chi connectivity index (χ3v) is 4.46. The SMILES string of the molecule is CN(C)c1cccc(C(=O)OCC(=O)Nc2ccccc2Cc2ccccc2)c1. The molecule has 0 saturated carbocycles. The summed E-state index contributed by atoms with van der Waals surface area (Å²) in [5.74, 6) is -0.899. The number of hydrogen-bond donors (Lipinski definition) is 1. The van der Waals surface area contributed by atoms with E-state index in [-0.39, 0.29) is 12.5 Å². The first kappa shape index (κ1) is 20.1. The molecule has 0 bridgehead atoms. The van der Waals surface area contributed by atoms with Gasteiger partial charge in [-0.25, -0.2) is 4.79 Å². The number of rotatable bonds is 7. The molecule has 3 aromatic rings. The van der Waals surface area contributed by atoms with Crippen molar-refractivity contribution in [3.05, 3.63) is 95.6 Å². The molecule has 0 radical (unpaired) electrons. The zero-order valence-electron chi connectivity index (χ0n) is 16.6. The fourth-order valence-corrected chi connectivity index (χ4v) is 2.92. The highest BCUT2D eigenvalue weighted by atomic mass is 16.5. The molecular weight excluding hydrogens is 364 g/mol. The Balaban J connectivity index is 1.60. The van der Waals surface area contributed by atoms with Crippen LogP contribution in [0.4, 0.5) is 11.4 Å². The van der Waals surface area contributed by atoms with Crippen molar-refractivity contribution in [1.29, 1.82) is 0 Å². The minimum atomic E-state index is -0.526. The predicted molar refractivity (Wildman–Crippen MR) is 115 cm³/mol. The summed E-state index contributed by atoms with van der Waals surface area (Å²) in [5.41, 5.74) is 4.16. The molecule has 0 aromatic heterocycles. The highest BCUT2D eigenvalue weighted by molar-refractivity contribution is 5.96. The van der Waals surface area contributed by atoms with Crippen molar-refractivity contribution in [3.8, 4) is 0 Å². The fourth-order valence-electron chi connectivity index (χ4n) is 2.92. The second-order valence-electron chi connectivity index (χ2n) is 6.89. The first-order valence-electron chi connectivity index (χ1n) is 9.39. The van der Waals surface area contributed by atoms with Crippen LogP contribution >= 0.6 is 0 Å². The smallest absolute Gasteiger partial charge is 0.338 e. The van der Waals surface area contributed by atoms with Crippen molar-refractivity contribution in [2.75, 3.05) is 30.9 Å². The molecular formula is C24H24N2O3. The van der Waals surface area contributed by atoms with Crippen LogP contribution in [0.2, 0.25) is 0 Å². The largest absolute Gasteiger partial charge is 0.452 e. The monoisotopic (exact) mass is 388 g/mol. The number of amides is 1. The second kappa shape index (κ2) is 9.55. The van der Waals surface area contributed by atoms with Crippen LogP contribution in [-0.4, -0.2) is 32.6 Å². The van der Waals surface area contributed by atoms with Gasteiger partial charge in [0.15, 0.2) is 6.61 Å². The van der Waals surface area contributed by atoms with Crippen LogP contribution < -0.4 is 10.2 Å². The molecule has 5 heteroatoms. The van der Waals surface area contributed by atoms with E-state index in [9.17, 15) is 9.59 Å². The van der Waals surface area contributed by atoms with Gasteiger partial charge in [-0.3, -0.25) is 4.79 Å². The maximum atomic E-state index is 12.3. The van der Waals surface area contributed by atoms with Gasteiger partial charge in [0.2, 0.25) is 0 Å². The molecule has 0 aliphatic carbocycles. The Labute approximate surface area is 170 Å². The summed E-state index contributed by atoms with van der Waals surface area (Å²) >= 11 is 0. The molecule has 5 nitrogen and oxygen atoms in total. The maximum Gasteiger partial charge on any atom is 0.338 e. The standard InChI is InChI=1S/C24H24N2O3/c1-26(2)21-13-8-12-20(16-21)24(28)29-17-23(27)25-22-14-7-6-11-19(22)15-18-9-4-3-5-10-18/h3-14,16H,15,17H2,1-2H3,(H,25,27). The Bertz CT molecular complexity index is 984. The summed E-state index contributed by atoms with van der Waals surface area (Å²) in [5, 5.41) is 2.84. The van der Waals surface area contributed by atoms with Crippen LogP contribution in [-0.2, 0) is 16.0 Å². The first-order valence-corrected chi connectivity index (χ1v) is 9.39. The van der Waals surface area contributed by atoms with E-state index in [2.05, 4.69) is 5.32 Å². The van der Waals surface area contributed by atoms with E-state index in [0.29, 0.717) is 17.7 Å². The molecule has 0 aliphatic heterocycles. The van der Waals surface area contributed by atoms with E-state index < -0.39 is 5.97 Å². The van der Waals surface area contributed by atoms with E-state index in [1.54, 1.807) is 18.2 Å². The third kappa shape index (κ3) is 5.69. The van der Waals surface area contributed by atoms with Crippen LogP contribution in [0.25, 0.3) is 0 Å². The first-order chi connectivity index (χ1) is 14.0. The van der Waals surface area contributed by atoms with Gasteiger partial charge in [-0.1, -0.05) is 54.6 Å². The highest BCUT2D eigenvalue weighted by Gasteiger charge is 2.13. The number of carbonyl (C=O) groups excluding carboxylic acids is 2. The molecule has 0 saturated heterocycles. The molecule has 0 fully saturated rings. The Kier molecular flexibility index (Phi) is 6.63. The number of anilines is 2. The molecule has 148 valence electrons. The lowest BCUT2D eigenvalue weighted by Gasteiger charge is -2.13. The lowest BCUT2D eigenvalue weighted by Crippen LogP contribution is -2.21. The minimum absolute atomic E-state index is 0.343. The highest BCUT2D eigenvalue weighted by Crippen LogP contribution is 2.19. The lowest BCUT2D eigenvalue weighted by molar-refractivity contribution is -0.119. The number of carbonyl (C=O) groups is 2. The van der Waals surface area contributed by atoms with Crippen LogP contribution in [0.5, 0.6) is 0 Å². The van der Waals surface area contributed by atoms with Gasteiger partial charge in [0, 0.05) is 25.5 Å². The van der Waals surface area contributed by atoms with Crippen molar-refractivity contribution < 1.29 is 14.3 Å². The van der Waals surface area contributed by atoms with E-state index in [0.717, 1.165) is 16.8 Å². The number of ether oxygens (including phenoxy) is 1. The van der Waals surface area contributed by atoms with E-state index in [4.69, 9.17) is 4.74 Å². The molecule has 1 amide bonds. The zero-order valence-corrected chi connectivity index (χ0v) is 16.6. The molecule has 0 unspecified atom stereocenters. The Morgan fingerprint density at radius 3 is 2.38 bits per heavy atom. The second-order valence-corrected chi connectivity index (χ2v) is 6.89. The van der Waals surface area contributed by atoms with Gasteiger partial charge in [-0.15, -0.1) is 0 Å². The summed E-state index contributed by atoms with van der Waals surface area (Å²) in [6.45, 7) is -0.343. The summed E-state index contributed by atoms with van der Waals surface area (Å²) in [6, 6.07) is 24.7. The summed E-state index contributed by atoms with van der Waals surface area (Å²) in [7, 11) is 3.79. The number of benzene rings is 3. The zero-order chi connectivity index (χ0) is 20.6. The van der Waals surface area contributed by atoms with Gasteiger partial charge in [0.05, 0.1) is 5.56 Å². The summed E-state index contributed by atoms with van der Waals surface area (Å²) in [6.07, 6.45) is 0.703. The van der Waals surface area contributed by atoms with E-state index >= 15 is 0 Å². The van der Waals surface area contributed by atoms with Crippen LogP contribution in [0.1, 0.15) is 21.5 Å². The quantitative estimate of drug-likeness (QED) is 0.618. The Morgan fingerprint density at radius 1 is 0.897 bits per heavy atom. The third-order valence-electron chi connectivity index (χ3n) is 4.46. The molecule has 3 aromatic carbocycles. The van der Waals surface area contributed by atoms with Gasteiger partial charge in [-0.05, 0) is 41.8 Å². The number of para-hydroxylation sites is 1. The Hall–Kier alpha value is -3.60. The molecule has 0 atom stereocenters. The van der Waals surface area contributed by atoms with E-state index in [1.807, 2.05) is 79.7 Å². The minimum Gasteiger partial charge on any atom is -0.452 e. The van der Waals surface area contributed by atoms with Gasteiger partial charge in [0.25, 0.3) is 5.91 Å². The maximum absolute atomic E-state index is 12.3. The number of nitrogens with zero attached hydrogens (tertiary/aromatic N) is 1. The molecule has 29 heavy (non-hydrogen) atoms. The average molecular weight is 388 g/mol. The fraction of sp³-hybridized carbons (Fsp3) is 0.167. The van der Waals surface area contributed by atoms with Gasteiger partial charge in [-0.2, -0.15) is 0 Å². The van der Waals surface area contributed by atoms with Crippen molar-refractivity contribution in [1.82, 2.24) is 0 Å². The average Bonchev–Trinajstić information content (AvgIpc) is 2.74. The van der Waals surface area contributed by atoms with Crippen LogP contribution in [0.15, 0.2) is 78.9 Å². The van der Waals surface area contributed by atoms with Crippen LogP contribution in [0, 0.1) is 0 Å². The topological polar surface area (TPSA) is 58.6 Å². The van der Waals surface area contributed by atoms with Crippen molar-refractivity contribution in [2.45, 2.75) is 6.42 Å². The van der Waals surface area contributed by atoms with Crippen LogP contribution in [0.3, 0.4) is 0 Å². The van der Waals surface area contributed by atoms with Gasteiger partial charge >= 0.3 is 5.97 Å². The molecule has 0 spiro atoms. The lowest BCUT2D eigenvalue weighted by atomic mass is 10.0.